The van der Waals surface area contributed by atoms with Gasteiger partial charge in [0.25, 0.3) is 0 Å². The van der Waals surface area contributed by atoms with E-state index in [1.165, 1.54) is 12.8 Å². The van der Waals surface area contributed by atoms with Crippen molar-refractivity contribution in [3.05, 3.63) is 35.8 Å². The lowest BCUT2D eigenvalue weighted by atomic mass is 10.3. The van der Waals surface area contributed by atoms with E-state index in [4.69, 9.17) is 5.11 Å². The van der Waals surface area contributed by atoms with Crippen LogP contribution in [0.25, 0.3) is 5.65 Å². The summed E-state index contributed by atoms with van der Waals surface area (Å²) in [6.45, 7) is 0. The Hall–Kier alpha value is -1.84. The van der Waals surface area contributed by atoms with Gasteiger partial charge in [0.05, 0.1) is 11.3 Å². The number of carbonyl (C=O) groups is 1. The first kappa shape index (κ1) is 8.47. The minimum atomic E-state index is -0.904. The summed E-state index contributed by atoms with van der Waals surface area (Å²) in [4.78, 5) is 15.2. The fourth-order valence-corrected chi connectivity index (χ4v) is 1.71. The molecule has 0 bridgehead atoms. The summed E-state index contributed by atoms with van der Waals surface area (Å²) in [5.74, 6) is -0.309. The van der Waals surface area contributed by atoms with Crippen molar-refractivity contribution in [1.29, 1.82) is 0 Å². The van der Waals surface area contributed by atoms with E-state index in [9.17, 15) is 4.79 Å². The third kappa shape index (κ3) is 1.38. The summed E-state index contributed by atoms with van der Waals surface area (Å²) in [7, 11) is 0. The van der Waals surface area contributed by atoms with Crippen LogP contribution >= 0.6 is 0 Å². The van der Waals surface area contributed by atoms with Crippen LogP contribution in [-0.4, -0.2) is 20.5 Å². The molecule has 4 nitrogen and oxygen atoms in total. The Kier molecular flexibility index (Phi) is 1.59. The molecule has 0 spiro atoms. The maximum atomic E-state index is 10.8. The molecular weight excluding hydrogens is 192 g/mol. The quantitative estimate of drug-likeness (QED) is 0.809. The van der Waals surface area contributed by atoms with Crippen LogP contribution < -0.4 is 0 Å². The van der Waals surface area contributed by atoms with Crippen molar-refractivity contribution in [3.8, 4) is 0 Å². The number of aromatic carboxylic acids is 1. The van der Waals surface area contributed by atoms with Crippen LogP contribution in [0.1, 0.15) is 34.8 Å². The number of pyridine rings is 1. The van der Waals surface area contributed by atoms with Gasteiger partial charge in [0.1, 0.15) is 5.65 Å². The molecule has 1 N–H and O–H groups in total. The highest BCUT2D eigenvalue weighted by molar-refractivity contribution is 5.87. The molecule has 0 aromatic carbocycles. The number of fused-ring (bicyclic) bond motifs is 1. The summed E-state index contributed by atoms with van der Waals surface area (Å²) in [6.07, 6.45) is 5.95. The average Bonchev–Trinajstić information content (AvgIpc) is 2.97. The molecule has 1 aliphatic rings. The predicted molar refractivity (Wildman–Crippen MR) is 54.1 cm³/mol. The van der Waals surface area contributed by atoms with Gasteiger partial charge in [-0.25, -0.2) is 9.78 Å². The van der Waals surface area contributed by atoms with E-state index < -0.39 is 5.97 Å². The maximum Gasteiger partial charge on any atom is 0.337 e. The molecular formula is C11H10N2O2. The number of aromatic nitrogens is 2. The zero-order valence-corrected chi connectivity index (χ0v) is 8.05. The minimum Gasteiger partial charge on any atom is -0.478 e. The van der Waals surface area contributed by atoms with Gasteiger partial charge >= 0.3 is 5.97 Å². The Morgan fingerprint density at radius 1 is 1.40 bits per heavy atom. The van der Waals surface area contributed by atoms with Gasteiger partial charge in [-0.2, -0.15) is 0 Å². The zero-order chi connectivity index (χ0) is 10.4. The monoisotopic (exact) mass is 202 g/mol. The highest BCUT2D eigenvalue weighted by Crippen LogP contribution is 2.39. The molecule has 0 amide bonds. The highest BCUT2D eigenvalue weighted by atomic mass is 16.4. The van der Waals surface area contributed by atoms with E-state index in [0.29, 0.717) is 11.5 Å². The smallest absolute Gasteiger partial charge is 0.337 e. The van der Waals surface area contributed by atoms with Crippen LogP contribution in [0.2, 0.25) is 0 Å². The Morgan fingerprint density at radius 3 is 2.87 bits per heavy atom. The van der Waals surface area contributed by atoms with Gasteiger partial charge < -0.3 is 9.51 Å². The van der Waals surface area contributed by atoms with Gasteiger partial charge in [0.2, 0.25) is 0 Å². The van der Waals surface area contributed by atoms with Gasteiger partial charge in [-0.05, 0) is 25.0 Å². The van der Waals surface area contributed by atoms with Gasteiger partial charge in [-0.15, -0.1) is 0 Å². The van der Waals surface area contributed by atoms with E-state index in [1.54, 1.807) is 22.7 Å². The Balaban J connectivity index is 2.13. The number of imidazole rings is 1. The van der Waals surface area contributed by atoms with E-state index in [2.05, 4.69) is 4.98 Å². The molecule has 76 valence electrons. The van der Waals surface area contributed by atoms with Crippen molar-refractivity contribution >= 4 is 11.6 Å². The zero-order valence-electron chi connectivity index (χ0n) is 8.05. The Bertz CT molecular complexity index is 541. The molecule has 1 aliphatic carbocycles. The van der Waals surface area contributed by atoms with Crippen LogP contribution in [0.4, 0.5) is 0 Å². The van der Waals surface area contributed by atoms with Crippen LogP contribution in [0.15, 0.2) is 24.5 Å². The van der Waals surface area contributed by atoms with E-state index in [-0.39, 0.29) is 0 Å². The standard InChI is InChI=1S/C11H10N2O2/c14-11(15)8-3-4-10-12-9(7-1-2-7)6-13(10)5-8/h3-7H,1-2H2,(H,14,15). The summed E-state index contributed by atoms with van der Waals surface area (Å²) < 4.78 is 1.79. The average molecular weight is 202 g/mol. The van der Waals surface area contributed by atoms with E-state index >= 15 is 0 Å². The molecule has 1 fully saturated rings. The fourth-order valence-electron chi connectivity index (χ4n) is 1.71. The highest BCUT2D eigenvalue weighted by Gasteiger charge is 2.26. The molecule has 0 aliphatic heterocycles. The second-order valence-corrected chi connectivity index (χ2v) is 3.93. The molecule has 2 aromatic heterocycles. The van der Waals surface area contributed by atoms with Crippen molar-refractivity contribution < 1.29 is 9.90 Å². The van der Waals surface area contributed by atoms with Gasteiger partial charge in [0, 0.05) is 18.3 Å². The fraction of sp³-hybridized carbons (Fsp3) is 0.273. The third-order valence-electron chi connectivity index (χ3n) is 2.71. The first-order valence-electron chi connectivity index (χ1n) is 4.96. The van der Waals surface area contributed by atoms with E-state index in [1.807, 2.05) is 6.20 Å². The van der Waals surface area contributed by atoms with Crippen LogP contribution in [0, 0.1) is 0 Å². The summed E-state index contributed by atoms with van der Waals surface area (Å²) in [5, 5.41) is 8.84. The first-order chi connectivity index (χ1) is 7.24. The van der Waals surface area contributed by atoms with Gasteiger partial charge in [0.15, 0.2) is 0 Å². The van der Waals surface area contributed by atoms with Crippen molar-refractivity contribution in [2.24, 2.45) is 0 Å². The molecule has 0 radical (unpaired) electrons. The predicted octanol–water partition coefficient (Wildman–Crippen LogP) is 1.91. The largest absolute Gasteiger partial charge is 0.478 e. The molecule has 1 saturated carbocycles. The van der Waals surface area contributed by atoms with Crippen LogP contribution in [-0.2, 0) is 0 Å². The van der Waals surface area contributed by atoms with E-state index in [0.717, 1.165) is 11.3 Å². The lowest BCUT2D eigenvalue weighted by molar-refractivity contribution is 0.0696. The molecule has 0 saturated heterocycles. The van der Waals surface area contributed by atoms with Gasteiger partial charge in [-0.1, -0.05) is 0 Å². The number of carboxylic acids is 1. The molecule has 4 heteroatoms. The topological polar surface area (TPSA) is 54.6 Å². The normalized spacial score (nSPS) is 15.7. The SMILES string of the molecule is O=C(O)c1ccc2nc(C3CC3)cn2c1. The molecule has 0 atom stereocenters. The van der Waals surface area contributed by atoms with Crippen LogP contribution in [0.3, 0.4) is 0 Å². The second-order valence-electron chi connectivity index (χ2n) is 3.93. The molecule has 2 heterocycles. The lowest BCUT2D eigenvalue weighted by Crippen LogP contribution is -1.97. The Labute approximate surface area is 86.2 Å². The Morgan fingerprint density at radius 2 is 2.20 bits per heavy atom. The molecule has 2 aromatic rings. The minimum absolute atomic E-state index is 0.294. The van der Waals surface area contributed by atoms with Crippen LogP contribution in [0.5, 0.6) is 0 Å². The molecule has 0 unspecified atom stereocenters. The summed E-state index contributed by atoms with van der Waals surface area (Å²) in [6, 6.07) is 3.33. The third-order valence-corrected chi connectivity index (χ3v) is 2.71. The lowest BCUT2D eigenvalue weighted by Gasteiger charge is -1.95. The van der Waals surface area contributed by atoms with Gasteiger partial charge in [-0.3, -0.25) is 0 Å². The molecule has 3 rings (SSSR count). The number of hydrogen-bond donors (Lipinski definition) is 1. The number of rotatable bonds is 2. The van der Waals surface area contributed by atoms with Crippen molar-refractivity contribution in [2.75, 3.05) is 0 Å². The maximum absolute atomic E-state index is 10.8. The number of nitrogens with zero attached hydrogens (tertiary/aromatic N) is 2. The van der Waals surface area contributed by atoms with Crippen molar-refractivity contribution in [2.45, 2.75) is 18.8 Å². The summed E-state index contributed by atoms with van der Waals surface area (Å²) in [5.41, 5.74) is 2.20. The van der Waals surface area contributed by atoms with Crippen molar-refractivity contribution in [1.82, 2.24) is 9.38 Å². The second kappa shape index (κ2) is 2.82. The number of carboxylic acid groups (broad SMARTS) is 1. The number of hydrogen-bond acceptors (Lipinski definition) is 2. The van der Waals surface area contributed by atoms with Crippen molar-refractivity contribution in [3.63, 3.8) is 0 Å². The first-order valence-corrected chi connectivity index (χ1v) is 4.96. The molecule has 15 heavy (non-hydrogen) atoms. The summed E-state index contributed by atoms with van der Waals surface area (Å²) >= 11 is 0.